The smallest absolute Gasteiger partial charge is 0.328 e. The van der Waals surface area contributed by atoms with E-state index in [9.17, 15) is 4.79 Å². The number of nitrogens with two attached hydrogens (primary N) is 1. The fourth-order valence-corrected chi connectivity index (χ4v) is 2.19. The van der Waals surface area contributed by atoms with Crippen molar-refractivity contribution in [3.63, 3.8) is 0 Å². The van der Waals surface area contributed by atoms with Gasteiger partial charge in [0.15, 0.2) is 0 Å². The van der Waals surface area contributed by atoms with E-state index in [4.69, 9.17) is 15.6 Å². The highest BCUT2D eigenvalue weighted by Gasteiger charge is 2.14. The minimum atomic E-state index is -0.970. The van der Waals surface area contributed by atoms with E-state index >= 15 is 0 Å². The summed E-state index contributed by atoms with van der Waals surface area (Å²) in [6.45, 7) is 2.03. The van der Waals surface area contributed by atoms with Gasteiger partial charge in [0, 0.05) is 11.8 Å². The Hall–Kier alpha value is -2.75. The first-order chi connectivity index (χ1) is 10.6. The van der Waals surface area contributed by atoms with Crippen molar-refractivity contribution in [3.8, 4) is 5.75 Å². The van der Waals surface area contributed by atoms with E-state index in [1.54, 1.807) is 18.2 Å². The summed E-state index contributed by atoms with van der Waals surface area (Å²) in [5.74, 6) is -0.236. The number of anilines is 1. The second-order valence-electron chi connectivity index (χ2n) is 4.88. The quantitative estimate of drug-likeness (QED) is 0.626. The van der Waals surface area contributed by atoms with E-state index in [1.807, 2.05) is 43.3 Å². The molecular formula is C18H19NO3. The molecule has 22 heavy (non-hydrogen) atoms. The highest BCUT2D eigenvalue weighted by Crippen LogP contribution is 2.28. The highest BCUT2D eigenvalue weighted by atomic mass is 16.5. The Balaban J connectivity index is 2.27. The number of nitrogen functional groups attached to an aromatic ring is 1. The molecule has 0 spiro atoms. The molecule has 0 aromatic heterocycles. The third kappa shape index (κ3) is 4.12. The van der Waals surface area contributed by atoms with Gasteiger partial charge in [-0.05, 0) is 47.9 Å². The van der Waals surface area contributed by atoms with Crippen LogP contribution in [0.25, 0.3) is 6.08 Å². The van der Waals surface area contributed by atoms with Gasteiger partial charge in [-0.15, -0.1) is 0 Å². The minimum absolute atomic E-state index is 0.154. The summed E-state index contributed by atoms with van der Waals surface area (Å²) < 4.78 is 6.02. The molecule has 0 heterocycles. The van der Waals surface area contributed by atoms with Crippen molar-refractivity contribution in [2.24, 2.45) is 0 Å². The minimum Gasteiger partial charge on any atom is -0.486 e. The summed E-state index contributed by atoms with van der Waals surface area (Å²) in [6, 6.07) is 14.9. The molecule has 0 amide bonds. The maximum atomic E-state index is 10.7. The molecule has 114 valence electrons. The van der Waals surface area contributed by atoms with E-state index in [2.05, 4.69) is 0 Å². The van der Waals surface area contributed by atoms with Crippen molar-refractivity contribution in [3.05, 3.63) is 65.7 Å². The van der Waals surface area contributed by atoms with Gasteiger partial charge in [0.05, 0.1) is 0 Å². The predicted molar refractivity (Wildman–Crippen MR) is 87.6 cm³/mol. The lowest BCUT2D eigenvalue weighted by Crippen LogP contribution is -2.08. The number of ether oxygens (including phenoxy) is 1. The molecular weight excluding hydrogens is 278 g/mol. The molecule has 0 aliphatic carbocycles. The van der Waals surface area contributed by atoms with Crippen molar-refractivity contribution in [2.75, 3.05) is 5.73 Å². The lowest BCUT2D eigenvalue weighted by atomic mass is 10.00. The largest absolute Gasteiger partial charge is 0.486 e. The zero-order valence-corrected chi connectivity index (χ0v) is 12.4. The zero-order valence-electron chi connectivity index (χ0n) is 12.4. The summed E-state index contributed by atoms with van der Waals surface area (Å²) >= 11 is 0. The first-order valence-electron chi connectivity index (χ1n) is 7.12. The molecule has 0 aliphatic heterocycles. The number of hydrogen-bond donors (Lipinski definition) is 2. The van der Waals surface area contributed by atoms with Crippen LogP contribution in [0.15, 0.2) is 54.6 Å². The number of carbonyl (C=O) groups is 1. The first-order valence-corrected chi connectivity index (χ1v) is 7.12. The maximum Gasteiger partial charge on any atom is 0.328 e. The van der Waals surface area contributed by atoms with Crippen LogP contribution in [0.2, 0.25) is 0 Å². The summed E-state index contributed by atoms with van der Waals surface area (Å²) in [5.41, 5.74) is 8.16. The van der Waals surface area contributed by atoms with Gasteiger partial charge in [0.25, 0.3) is 0 Å². The molecule has 0 radical (unpaired) electrons. The zero-order chi connectivity index (χ0) is 15.9. The van der Waals surface area contributed by atoms with Gasteiger partial charge in [0.1, 0.15) is 11.9 Å². The van der Waals surface area contributed by atoms with Gasteiger partial charge >= 0.3 is 5.97 Å². The SMILES string of the molecule is CCC(Oc1ccc(N)cc1)c1ccccc1C=CC(=O)O. The second kappa shape index (κ2) is 7.31. The summed E-state index contributed by atoms with van der Waals surface area (Å²) in [7, 11) is 0. The monoisotopic (exact) mass is 297 g/mol. The molecule has 3 N–H and O–H groups in total. The standard InChI is InChI=1S/C18H19NO3/c1-2-17(22-15-10-8-14(19)9-11-15)16-6-4-3-5-13(16)7-12-18(20)21/h3-12,17H,2,19H2,1H3,(H,20,21). The van der Waals surface area contributed by atoms with Gasteiger partial charge < -0.3 is 15.6 Å². The molecule has 2 aromatic rings. The van der Waals surface area contributed by atoms with Crippen LogP contribution in [-0.4, -0.2) is 11.1 Å². The van der Waals surface area contributed by atoms with Crippen LogP contribution < -0.4 is 10.5 Å². The van der Waals surface area contributed by atoms with Gasteiger partial charge in [-0.3, -0.25) is 0 Å². The number of carboxylic acid groups (broad SMARTS) is 1. The topological polar surface area (TPSA) is 72.5 Å². The molecule has 1 unspecified atom stereocenters. The van der Waals surface area contributed by atoms with Crippen molar-refractivity contribution < 1.29 is 14.6 Å². The number of carboxylic acids is 1. The number of benzene rings is 2. The number of rotatable bonds is 6. The first kappa shape index (κ1) is 15.6. The van der Waals surface area contributed by atoms with Crippen LogP contribution in [-0.2, 0) is 4.79 Å². The fourth-order valence-electron chi connectivity index (χ4n) is 2.19. The maximum absolute atomic E-state index is 10.7. The molecule has 0 saturated heterocycles. The Kier molecular flexibility index (Phi) is 5.20. The van der Waals surface area contributed by atoms with Crippen molar-refractivity contribution in [1.82, 2.24) is 0 Å². The van der Waals surface area contributed by atoms with Crippen molar-refractivity contribution in [2.45, 2.75) is 19.4 Å². The summed E-state index contributed by atoms with van der Waals surface area (Å²) in [4.78, 5) is 10.7. The Morgan fingerprint density at radius 2 is 1.91 bits per heavy atom. The summed E-state index contributed by atoms with van der Waals surface area (Å²) in [6.07, 6.45) is 3.34. The van der Waals surface area contributed by atoms with Crippen LogP contribution in [0, 0.1) is 0 Å². The second-order valence-corrected chi connectivity index (χ2v) is 4.88. The van der Waals surface area contributed by atoms with E-state index in [-0.39, 0.29) is 6.10 Å². The fraction of sp³-hybridized carbons (Fsp3) is 0.167. The lowest BCUT2D eigenvalue weighted by molar-refractivity contribution is -0.131. The van der Waals surface area contributed by atoms with Crippen LogP contribution in [0.5, 0.6) is 5.75 Å². The van der Waals surface area contributed by atoms with E-state index in [1.165, 1.54) is 0 Å². The Morgan fingerprint density at radius 1 is 1.23 bits per heavy atom. The Bertz CT molecular complexity index is 662. The average Bonchev–Trinajstić information content (AvgIpc) is 2.53. The third-order valence-corrected chi connectivity index (χ3v) is 3.28. The van der Waals surface area contributed by atoms with Crippen LogP contribution >= 0.6 is 0 Å². The van der Waals surface area contributed by atoms with Crippen LogP contribution in [0.1, 0.15) is 30.6 Å². The average molecular weight is 297 g/mol. The van der Waals surface area contributed by atoms with Crippen molar-refractivity contribution in [1.29, 1.82) is 0 Å². The molecule has 4 nitrogen and oxygen atoms in total. The van der Waals surface area contributed by atoms with Gasteiger partial charge in [-0.2, -0.15) is 0 Å². The van der Waals surface area contributed by atoms with Crippen LogP contribution in [0.4, 0.5) is 5.69 Å². The predicted octanol–water partition coefficient (Wildman–Crippen LogP) is 3.90. The molecule has 0 fully saturated rings. The molecule has 0 saturated carbocycles. The molecule has 4 heteroatoms. The van der Waals surface area contributed by atoms with E-state index in [0.29, 0.717) is 5.69 Å². The number of hydrogen-bond acceptors (Lipinski definition) is 3. The van der Waals surface area contributed by atoms with Gasteiger partial charge in [-0.1, -0.05) is 31.2 Å². The Labute approximate surface area is 129 Å². The van der Waals surface area contributed by atoms with Crippen molar-refractivity contribution >= 4 is 17.7 Å². The highest BCUT2D eigenvalue weighted by molar-refractivity contribution is 5.85. The molecule has 0 aliphatic rings. The normalized spacial score (nSPS) is 12.2. The van der Waals surface area contributed by atoms with Gasteiger partial charge in [0.2, 0.25) is 0 Å². The summed E-state index contributed by atoms with van der Waals surface area (Å²) in [5, 5.41) is 8.79. The third-order valence-electron chi connectivity index (χ3n) is 3.28. The lowest BCUT2D eigenvalue weighted by Gasteiger charge is -2.20. The van der Waals surface area contributed by atoms with Gasteiger partial charge in [-0.25, -0.2) is 4.79 Å². The molecule has 2 aromatic carbocycles. The number of aliphatic carboxylic acids is 1. The Morgan fingerprint density at radius 3 is 2.55 bits per heavy atom. The van der Waals surface area contributed by atoms with E-state index in [0.717, 1.165) is 29.4 Å². The van der Waals surface area contributed by atoms with E-state index < -0.39 is 5.97 Å². The molecule has 1 atom stereocenters. The molecule has 0 bridgehead atoms. The van der Waals surface area contributed by atoms with Crippen LogP contribution in [0.3, 0.4) is 0 Å². The molecule has 2 rings (SSSR count).